The number of hydrogen-bond donors (Lipinski definition) is 0. The summed E-state index contributed by atoms with van der Waals surface area (Å²) in [5.74, 6) is 0.881. The lowest BCUT2D eigenvalue weighted by atomic mass is 9.87. The number of rotatable bonds is 5. The third-order valence-electron chi connectivity index (χ3n) is 3.28. The first-order chi connectivity index (χ1) is 7.13. The minimum atomic E-state index is 0.308. The molecule has 0 radical (unpaired) electrons. The van der Waals surface area contributed by atoms with Crippen LogP contribution in [0, 0.1) is 5.92 Å². The van der Waals surface area contributed by atoms with Crippen molar-refractivity contribution in [2.24, 2.45) is 5.92 Å². The van der Waals surface area contributed by atoms with E-state index in [4.69, 9.17) is 0 Å². The second-order valence-electron chi connectivity index (χ2n) is 4.56. The molecule has 15 heavy (non-hydrogen) atoms. The van der Waals surface area contributed by atoms with Gasteiger partial charge < -0.3 is 4.79 Å². The molecule has 0 aliphatic heterocycles. The van der Waals surface area contributed by atoms with Crippen molar-refractivity contribution in [2.75, 3.05) is 0 Å². The van der Waals surface area contributed by atoms with Crippen molar-refractivity contribution in [1.82, 2.24) is 0 Å². The monoisotopic (exact) mass is 206 g/mol. The third kappa shape index (κ3) is 4.03. The summed E-state index contributed by atoms with van der Waals surface area (Å²) in [6, 6.07) is 0. The molecule has 1 aliphatic carbocycles. The molecule has 1 aliphatic rings. The van der Waals surface area contributed by atoms with Gasteiger partial charge in [0.1, 0.15) is 5.78 Å². The Hall–Kier alpha value is -0.850. The highest BCUT2D eigenvalue weighted by atomic mass is 16.1. The van der Waals surface area contributed by atoms with Gasteiger partial charge in [-0.2, -0.15) is 0 Å². The fourth-order valence-electron chi connectivity index (χ4n) is 2.01. The molecule has 0 aromatic carbocycles. The summed E-state index contributed by atoms with van der Waals surface area (Å²) >= 11 is 0. The molecule has 1 unspecified atom stereocenters. The molecule has 1 nitrogen and oxygen atoms in total. The van der Waals surface area contributed by atoms with Crippen molar-refractivity contribution < 1.29 is 4.79 Å². The maximum Gasteiger partial charge on any atom is 0.129 e. The molecule has 1 atom stereocenters. The van der Waals surface area contributed by atoms with Gasteiger partial charge in [-0.1, -0.05) is 37.1 Å². The van der Waals surface area contributed by atoms with Gasteiger partial charge in [-0.3, -0.25) is 0 Å². The molecule has 0 aromatic rings. The van der Waals surface area contributed by atoms with Crippen molar-refractivity contribution in [1.29, 1.82) is 0 Å². The fourth-order valence-corrected chi connectivity index (χ4v) is 2.01. The molecule has 0 spiro atoms. The van der Waals surface area contributed by atoms with E-state index in [-0.39, 0.29) is 0 Å². The molecular formula is C14H22O. The molecule has 0 saturated heterocycles. The largest absolute Gasteiger partial charge is 0.300 e. The molecule has 0 bridgehead atoms. The Morgan fingerprint density at radius 2 is 2.13 bits per heavy atom. The summed E-state index contributed by atoms with van der Waals surface area (Å²) in [6.07, 6.45) is 9.85. The zero-order valence-electron chi connectivity index (χ0n) is 10.2. The van der Waals surface area contributed by atoms with Gasteiger partial charge in [-0.05, 0) is 38.5 Å². The van der Waals surface area contributed by atoms with Gasteiger partial charge in [-0.25, -0.2) is 0 Å². The minimum Gasteiger partial charge on any atom is -0.300 e. The number of allylic oxidation sites excluding steroid dienone is 4. The molecule has 1 rings (SSSR count). The summed E-state index contributed by atoms with van der Waals surface area (Å²) in [7, 11) is 0. The van der Waals surface area contributed by atoms with Crippen LogP contribution in [0.4, 0.5) is 0 Å². The smallest absolute Gasteiger partial charge is 0.129 e. The lowest BCUT2D eigenvalue weighted by Crippen LogP contribution is -2.05. The Kier molecular flexibility index (Phi) is 4.80. The van der Waals surface area contributed by atoms with E-state index in [0.717, 1.165) is 12.8 Å². The van der Waals surface area contributed by atoms with E-state index in [2.05, 4.69) is 26.0 Å². The average Bonchev–Trinajstić information content (AvgIpc) is 2.26. The first-order valence-corrected chi connectivity index (χ1v) is 6.01. The molecule has 0 saturated carbocycles. The van der Waals surface area contributed by atoms with E-state index in [1.807, 2.05) is 0 Å². The molecule has 0 fully saturated rings. The molecule has 0 aromatic heterocycles. The van der Waals surface area contributed by atoms with Crippen LogP contribution in [0.1, 0.15) is 52.9 Å². The van der Waals surface area contributed by atoms with Crippen LogP contribution in [0.2, 0.25) is 0 Å². The molecule has 84 valence electrons. The lowest BCUT2D eigenvalue weighted by Gasteiger charge is -2.19. The molecule has 0 heterocycles. The van der Waals surface area contributed by atoms with Gasteiger partial charge in [0.15, 0.2) is 0 Å². The van der Waals surface area contributed by atoms with E-state index in [1.165, 1.54) is 24.8 Å². The predicted octanol–water partition coefficient (Wildman–Crippen LogP) is 4.05. The van der Waals surface area contributed by atoms with Crippen molar-refractivity contribution in [3.8, 4) is 0 Å². The van der Waals surface area contributed by atoms with Crippen molar-refractivity contribution in [3.05, 3.63) is 23.3 Å². The SMILES string of the molecule is CCC1=CC=C(C(C)CCC(C)=O)CC1. The van der Waals surface area contributed by atoms with Crippen molar-refractivity contribution >= 4 is 5.78 Å². The zero-order chi connectivity index (χ0) is 11.3. The number of hydrogen-bond acceptors (Lipinski definition) is 1. The van der Waals surface area contributed by atoms with Crippen LogP contribution >= 0.6 is 0 Å². The molecule has 1 heteroatoms. The Morgan fingerprint density at radius 1 is 1.40 bits per heavy atom. The van der Waals surface area contributed by atoms with Crippen molar-refractivity contribution in [3.63, 3.8) is 0 Å². The summed E-state index contributed by atoms with van der Waals surface area (Å²) in [5.41, 5.74) is 3.07. The maximum absolute atomic E-state index is 10.9. The normalized spacial score (nSPS) is 18.1. The van der Waals surface area contributed by atoms with Crippen LogP contribution in [0.3, 0.4) is 0 Å². The van der Waals surface area contributed by atoms with Crippen LogP contribution < -0.4 is 0 Å². The van der Waals surface area contributed by atoms with Gasteiger partial charge in [0.2, 0.25) is 0 Å². The Bertz CT molecular complexity index is 284. The summed E-state index contributed by atoms with van der Waals surface area (Å²) in [4.78, 5) is 10.9. The highest BCUT2D eigenvalue weighted by molar-refractivity contribution is 5.75. The second-order valence-corrected chi connectivity index (χ2v) is 4.56. The number of Topliss-reactive ketones (excluding diaryl/α,β-unsaturated/α-hetero) is 1. The average molecular weight is 206 g/mol. The van der Waals surface area contributed by atoms with Gasteiger partial charge >= 0.3 is 0 Å². The standard InChI is InChI=1S/C14H22O/c1-4-13-7-9-14(10-8-13)11(2)5-6-12(3)15/h7,9,11H,4-6,8,10H2,1-3H3. The Labute approximate surface area is 93.3 Å². The van der Waals surface area contributed by atoms with Gasteiger partial charge in [-0.15, -0.1) is 0 Å². The second kappa shape index (κ2) is 5.89. The quantitative estimate of drug-likeness (QED) is 0.663. The highest BCUT2D eigenvalue weighted by Gasteiger charge is 2.12. The Morgan fingerprint density at radius 3 is 2.60 bits per heavy atom. The molecule has 0 amide bonds. The fraction of sp³-hybridized carbons (Fsp3) is 0.643. The van der Waals surface area contributed by atoms with Crippen LogP contribution in [0.5, 0.6) is 0 Å². The molecular weight excluding hydrogens is 184 g/mol. The number of ketones is 1. The third-order valence-corrected chi connectivity index (χ3v) is 3.28. The van der Waals surface area contributed by atoms with E-state index in [9.17, 15) is 4.79 Å². The Balaban J connectivity index is 2.47. The van der Waals surface area contributed by atoms with Crippen molar-refractivity contribution in [2.45, 2.75) is 52.9 Å². The number of carbonyl (C=O) groups is 1. The first-order valence-electron chi connectivity index (χ1n) is 6.01. The zero-order valence-corrected chi connectivity index (χ0v) is 10.2. The highest BCUT2D eigenvalue weighted by Crippen LogP contribution is 2.27. The molecule has 0 N–H and O–H groups in total. The maximum atomic E-state index is 10.9. The van der Waals surface area contributed by atoms with Crippen LogP contribution in [-0.4, -0.2) is 5.78 Å². The predicted molar refractivity (Wildman–Crippen MR) is 64.8 cm³/mol. The van der Waals surface area contributed by atoms with E-state index >= 15 is 0 Å². The summed E-state index contributed by atoms with van der Waals surface area (Å²) < 4.78 is 0. The van der Waals surface area contributed by atoms with Gasteiger partial charge in [0.25, 0.3) is 0 Å². The van der Waals surface area contributed by atoms with Gasteiger partial charge in [0, 0.05) is 6.42 Å². The van der Waals surface area contributed by atoms with E-state index in [1.54, 1.807) is 12.5 Å². The summed E-state index contributed by atoms with van der Waals surface area (Å²) in [5, 5.41) is 0. The minimum absolute atomic E-state index is 0.308. The summed E-state index contributed by atoms with van der Waals surface area (Å²) in [6.45, 7) is 6.13. The van der Waals surface area contributed by atoms with Crippen LogP contribution in [-0.2, 0) is 4.79 Å². The van der Waals surface area contributed by atoms with Crippen LogP contribution in [0.15, 0.2) is 23.3 Å². The van der Waals surface area contributed by atoms with Gasteiger partial charge in [0.05, 0.1) is 0 Å². The first kappa shape index (κ1) is 12.2. The topological polar surface area (TPSA) is 17.1 Å². The van der Waals surface area contributed by atoms with E-state index < -0.39 is 0 Å². The van der Waals surface area contributed by atoms with E-state index in [0.29, 0.717) is 11.7 Å². The number of carbonyl (C=O) groups excluding carboxylic acids is 1. The lowest BCUT2D eigenvalue weighted by molar-refractivity contribution is -0.117. The van der Waals surface area contributed by atoms with Crippen LogP contribution in [0.25, 0.3) is 0 Å².